The van der Waals surface area contributed by atoms with E-state index in [1.807, 2.05) is 13.8 Å². The number of halogens is 3. The number of benzene rings is 3. The van der Waals surface area contributed by atoms with Crippen molar-refractivity contribution in [1.82, 2.24) is 0 Å². The van der Waals surface area contributed by atoms with Crippen LogP contribution in [0, 0.1) is 5.92 Å². The van der Waals surface area contributed by atoms with Crippen molar-refractivity contribution in [1.29, 1.82) is 0 Å². The molecule has 1 aliphatic rings. The van der Waals surface area contributed by atoms with Crippen LogP contribution in [0.1, 0.15) is 31.0 Å². The summed E-state index contributed by atoms with van der Waals surface area (Å²) in [7, 11) is 1.44. The van der Waals surface area contributed by atoms with Gasteiger partial charge in [0.05, 0.1) is 25.3 Å². The van der Waals surface area contributed by atoms with Crippen molar-refractivity contribution < 1.29 is 42.1 Å². The Bertz CT molecular complexity index is 1400. The van der Waals surface area contributed by atoms with Gasteiger partial charge in [-0.3, -0.25) is 14.5 Å². The lowest BCUT2D eigenvalue weighted by atomic mass is 9.95. The first-order valence-electron chi connectivity index (χ1n) is 12.0. The first-order valence-corrected chi connectivity index (χ1v) is 12.0. The second-order valence-corrected chi connectivity index (χ2v) is 9.22. The van der Waals surface area contributed by atoms with Gasteiger partial charge < -0.3 is 19.3 Å². The van der Waals surface area contributed by atoms with Crippen molar-refractivity contribution in [2.75, 3.05) is 18.6 Å². The molecule has 1 fully saturated rings. The number of methoxy groups -OCH3 is 1. The molecule has 0 saturated carbocycles. The molecule has 4 rings (SSSR count). The van der Waals surface area contributed by atoms with Crippen molar-refractivity contribution in [2.24, 2.45) is 5.92 Å². The third-order valence-electron chi connectivity index (χ3n) is 5.89. The minimum atomic E-state index is -4.95. The minimum absolute atomic E-state index is 0.0249. The molecular formula is C29H26F3NO6. The number of aliphatic hydroxyl groups excluding tert-OH is 1. The van der Waals surface area contributed by atoms with E-state index in [1.165, 1.54) is 19.2 Å². The molecule has 1 amide bonds. The predicted molar refractivity (Wildman–Crippen MR) is 138 cm³/mol. The van der Waals surface area contributed by atoms with Gasteiger partial charge in [0.1, 0.15) is 23.0 Å². The summed E-state index contributed by atoms with van der Waals surface area (Å²) in [6, 6.07) is 16.4. The van der Waals surface area contributed by atoms with Crippen LogP contribution >= 0.6 is 0 Å². The second kappa shape index (κ2) is 11.1. The molecule has 0 aromatic heterocycles. The number of amides is 1. The van der Waals surface area contributed by atoms with E-state index >= 15 is 0 Å². The normalized spacial score (nSPS) is 17.0. The maximum atomic E-state index is 13.3. The molecule has 1 N–H and O–H groups in total. The van der Waals surface area contributed by atoms with Crippen LogP contribution < -0.4 is 19.1 Å². The highest BCUT2D eigenvalue weighted by atomic mass is 19.4. The summed E-state index contributed by atoms with van der Waals surface area (Å²) in [6.45, 7) is 4.49. The van der Waals surface area contributed by atoms with Gasteiger partial charge >= 0.3 is 6.36 Å². The Hall–Kier alpha value is -4.47. The van der Waals surface area contributed by atoms with Crippen molar-refractivity contribution in [3.8, 4) is 17.2 Å². The molecule has 0 bridgehead atoms. The molecule has 1 saturated heterocycles. The Morgan fingerprint density at radius 2 is 1.62 bits per heavy atom. The molecule has 39 heavy (non-hydrogen) atoms. The molecule has 1 heterocycles. The zero-order chi connectivity index (χ0) is 28.3. The zero-order valence-electron chi connectivity index (χ0n) is 21.4. The SMILES string of the molecule is COc1cccc(C2/C(=C(\O)c3ccc(OCC(C)C)cc3)C(=O)C(=O)N2c2cccc(OC(F)(F)F)c2)c1. The number of hydrogen-bond acceptors (Lipinski definition) is 6. The summed E-state index contributed by atoms with van der Waals surface area (Å²) in [6.07, 6.45) is -4.95. The van der Waals surface area contributed by atoms with Gasteiger partial charge in [-0.15, -0.1) is 13.2 Å². The lowest BCUT2D eigenvalue weighted by Crippen LogP contribution is -2.29. The maximum absolute atomic E-state index is 13.3. The molecule has 10 heteroatoms. The third-order valence-corrected chi connectivity index (χ3v) is 5.89. The Morgan fingerprint density at radius 1 is 0.949 bits per heavy atom. The number of Topliss-reactive ketones (excluding diaryl/α,β-unsaturated/α-hetero) is 1. The molecular weight excluding hydrogens is 515 g/mol. The van der Waals surface area contributed by atoms with Crippen LogP contribution in [-0.4, -0.2) is 36.9 Å². The summed E-state index contributed by atoms with van der Waals surface area (Å²) in [5.41, 5.74) is 0.399. The number of ketones is 1. The van der Waals surface area contributed by atoms with E-state index < -0.39 is 35.6 Å². The lowest BCUT2D eigenvalue weighted by molar-refractivity contribution is -0.274. The molecule has 0 aliphatic carbocycles. The first-order chi connectivity index (χ1) is 18.5. The first kappa shape index (κ1) is 27.6. The van der Waals surface area contributed by atoms with Crippen LogP contribution in [0.2, 0.25) is 0 Å². The fourth-order valence-corrected chi connectivity index (χ4v) is 4.18. The van der Waals surface area contributed by atoms with Gasteiger partial charge in [0.2, 0.25) is 0 Å². The average molecular weight is 542 g/mol. The highest BCUT2D eigenvalue weighted by Gasteiger charge is 2.47. The van der Waals surface area contributed by atoms with E-state index in [0.29, 0.717) is 29.6 Å². The van der Waals surface area contributed by atoms with Gasteiger partial charge in [-0.05, 0) is 60.0 Å². The summed E-state index contributed by atoms with van der Waals surface area (Å²) in [4.78, 5) is 27.7. The number of aliphatic hydroxyl groups is 1. The fourth-order valence-electron chi connectivity index (χ4n) is 4.18. The number of anilines is 1. The van der Waals surface area contributed by atoms with E-state index in [-0.39, 0.29) is 16.8 Å². The molecule has 3 aromatic rings. The van der Waals surface area contributed by atoms with Crippen LogP contribution in [0.4, 0.5) is 18.9 Å². The number of carbonyl (C=O) groups excluding carboxylic acids is 2. The highest BCUT2D eigenvalue weighted by Crippen LogP contribution is 2.43. The van der Waals surface area contributed by atoms with Crippen molar-refractivity contribution >= 4 is 23.1 Å². The molecule has 204 valence electrons. The van der Waals surface area contributed by atoms with E-state index in [9.17, 15) is 27.9 Å². The van der Waals surface area contributed by atoms with Gasteiger partial charge in [0.15, 0.2) is 0 Å². The number of ether oxygens (including phenoxy) is 3. The Balaban J connectivity index is 1.83. The lowest BCUT2D eigenvalue weighted by Gasteiger charge is -2.26. The molecule has 1 atom stereocenters. The minimum Gasteiger partial charge on any atom is -0.507 e. The van der Waals surface area contributed by atoms with E-state index in [1.54, 1.807) is 48.5 Å². The number of rotatable bonds is 8. The molecule has 0 spiro atoms. The molecule has 1 aliphatic heterocycles. The van der Waals surface area contributed by atoms with Crippen LogP contribution in [0.25, 0.3) is 5.76 Å². The van der Waals surface area contributed by atoms with E-state index in [0.717, 1.165) is 17.0 Å². The van der Waals surface area contributed by atoms with E-state index in [4.69, 9.17) is 9.47 Å². The van der Waals surface area contributed by atoms with Crippen molar-refractivity contribution in [3.63, 3.8) is 0 Å². The average Bonchev–Trinajstić information content (AvgIpc) is 3.16. The van der Waals surface area contributed by atoms with Gasteiger partial charge in [-0.2, -0.15) is 0 Å². The fraction of sp³-hybridized carbons (Fsp3) is 0.241. The van der Waals surface area contributed by atoms with Crippen molar-refractivity contribution in [2.45, 2.75) is 26.3 Å². The van der Waals surface area contributed by atoms with Crippen LogP contribution in [0.15, 0.2) is 78.4 Å². The Kier molecular flexibility index (Phi) is 7.85. The monoisotopic (exact) mass is 541 g/mol. The standard InChI is InChI=1S/C29H26F3NO6/c1-17(2)16-38-21-12-10-18(11-13-21)26(34)24-25(19-6-4-8-22(14-19)37-3)33(28(36)27(24)35)20-7-5-9-23(15-20)39-29(30,31)32/h4-15,17,25,34H,16H2,1-3H3/b26-24+. The molecule has 7 nitrogen and oxygen atoms in total. The molecule has 3 aromatic carbocycles. The number of hydrogen-bond donors (Lipinski definition) is 1. The number of carbonyl (C=O) groups is 2. The third kappa shape index (κ3) is 6.17. The van der Waals surface area contributed by atoms with Crippen LogP contribution in [-0.2, 0) is 9.59 Å². The van der Waals surface area contributed by atoms with E-state index in [2.05, 4.69) is 4.74 Å². The number of alkyl halides is 3. The Labute approximate surface area is 223 Å². The van der Waals surface area contributed by atoms with Gasteiger partial charge in [-0.1, -0.05) is 32.0 Å². The Morgan fingerprint density at radius 3 is 2.26 bits per heavy atom. The summed E-state index contributed by atoms with van der Waals surface area (Å²) in [5, 5.41) is 11.3. The summed E-state index contributed by atoms with van der Waals surface area (Å²) >= 11 is 0. The summed E-state index contributed by atoms with van der Waals surface area (Å²) < 4.78 is 53.6. The smallest absolute Gasteiger partial charge is 0.507 e. The van der Waals surface area contributed by atoms with Crippen LogP contribution in [0.3, 0.4) is 0 Å². The van der Waals surface area contributed by atoms with Gasteiger partial charge in [0.25, 0.3) is 11.7 Å². The quantitative estimate of drug-likeness (QED) is 0.206. The molecule has 0 radical (unpaired) electrons. The van der Waals surface area contributed by atoms with Gasteiger partial charge in [0, 0.05) is 17.3 Å². The highest BCUT2D eigenvalue weighted by molar-refractivity contribution is 6.51. The largest absolute Gasteiger partial charge is 0.573 e. The summed E-state index contributed by atoms with van der Waals surface area (Å²) in [5.74, 6) is -1.75. The van der Waals surface area contributed by atoms with Crippen LogP contribution in [0.5, 0.6) is 17.2 Å². The zero-order valence-corrected chi connectivity index (χ0v) is 21.4. The number of nitrogens with zero attached hydrogens (tertiary/aromatic N) is 1. The topological polar surface area (TPSA) is 85.3 Å². The second-order valence-electron chi connectivity index (χ2n) is 9.22. The maximum Gasteiger partial charge on any atom is 0.573 e. The molecule has 1 unspecified atom stereocenters. The van der Waals surface area contributed by atoms with Crippen molar-refractivity contribution in [3.05, 3.63) is 89.5 Å². The van der Waals surface area contributed by atoms with Gasteiger partial charge in [-0.25, -0.2) is 0 Å². The predicted octanol–water partition coefficient (Wildman–Crippen LogP) is 6.25.